The molecule has 0 aliphatic carbocycles. The number of para-hydroxylation sites is 2. The van der Waals surface area contributed by atoms with E-state index in [1.165, 1.54) is 23.5 Å². The Hall–Kier alpha value is -3.72. The molecule has 0 saturated carbocycles. The summed E-state index contributed by atoms with van der Waals surface area (Å²) in [5, 5.41) is 7.52. The van der Waals surface area contributed by atoms with Crippen LogP contribution in [0.4, 0.5) is 9.18 Å². The summed E-state index contributed by atoms with van der Waals surface area (Å²) in [4.78, 5) is 29.6. The molecule has 0 fully saturated rings. The number of aromatic nitrogens is 2. The zero-order chi connectivity index (χ0) is 22.5. The average Bonchev–Trinajstić information content (AvgIpc) is 3.44. The number of primary amides is 1. The zero-order valence-electron chi connectivity index (χ0n) is 17.1. The first kappa shape index (κ1) is 21.5. The van der Waals surface area contributed by atoms with E-state index >= 15 is 0 Å². The van der Waals surface area contributed by atoms with Gasteiger partial charge in [-0.25, -0.2) is 14.2 Å². The van der Waals surface area contributed by atoms with Gasteiger partial charge in [-0.3, -0.25) is 4.79 Å². The first-order valence-corrected chi connectivity index (χ1v) is 10.9. The highest BCUT2D eigenvalue weighted by atomic mass is 32.1. The topological polar surface area (TPSA) is 102 Å². The van der Waals surface area contributed by atoms with Gasteiger partial charge in [-0.15, -0.1) is 11.3 Å². The molecule has 3 amide bonds. The highest BCUT2D eigenvalue weighted by Gasteiger charge is 2.22. The van der Waals surface area contributed by atoms with Gasteiger partial charge in [0.05, 0.1) is 35.9 Å². The van der Waals surface area contributed by atoms with Gasteiger partial charge in [0.15, 0.2) is 0 Å². The third-order valence-corrected chi connectivity index (χ3v) is 6.09. The molecule has 0 bridgehead atoms. The van der Waals surface area contributed by atoms with Crippen LogP contribution >= 0.6 is 11.3 Å². The number of amides is 3. The quantitative estimate of drug-likeness (QED) is 0.379. The maximum absolute atomic E-state index is 13.5. The van der Waals surface area contributed by atoms with E-state index in [2.05, 4.69) is 15.6 Å². The van der Waals surface area contributed by atoms with Gasteiger partial charge in [0.25, 0.3) is 0 Å². The molecule has 4 rings (SSSR count). The lowest BCUT2D eigenvalue weighted by Gasteiger charge is -2.22. The molecule has 9 heteroatoms. The van der Waals surface area contributed by atoms with E-state index < -0.39 is 18.1 Å². The summed E-state index contributed by atoms with van der Waals surface area (Å²) in [5.41, 5.74) is 7.84. The lowest BCUT2D eigenvalue weighted by Crippen LogP contribution is -2.38. The normalized spacial score (nSPS) is 12.9. The Labute approximate surface area is 188 Å². The second-order valence-corrected chi connectivity index (χ2v) is 8.32. The predicted octanol–water partition coefficient (Wildman–Crippen LogP) is 3.89. The fourth-order valence-corrected chi connectivity index (χ4v) is 4.38. The van der Waals surface area contributed by atoms with Crippen molar-refractivity contribution in [3.8, 4) is 0 Å². The molecule has 2 unspecified atom stereocenters. The summed E-state index contributed by atoms with van der Waals surface area (Å²) in [6.45, 7) is 0.408. The lowest BCUT2D eigenvalue weighted by molar-refractivity contribution is -0.122. The minimum atomic E-state index is -0.698. The Balaban J connectivity index is 1.56. The number of hydrogen-bond acceptors (Lipinski definition) is 4. The van der Waals surface area contributed by atoms with E-state index in [1.54, 1.807) is 18.5 Å². The molecule has 0 aliphatic heterocycles. The van der Waals surface area contributed by atoms with Gasteiger partial charge in [-0.1, -0.05) is 30.3 Å². The molecule has 32 heavy (non-hydrogen) atoms. The van der Waals surface area contributed by atoms with Gasteiger partial charge in [-0.05, 0) is 41.3 Å². The molecule has 0 spiro atoms. The van der Waals surface area contributed by atoms with Crippen molar-refractivity contribution in [1.29, 1.82) is 0 Å². The maximum atomic E-state index is 13.5. The van der Waals surface area contributed by atoms with Crippen molar-refractivity contribution >= 4 is 34.3 Å². The van der Waals surface area contributed by atoms with E-state index in [9.17, 15) is 14.0 Å². The van der Waals surface area contributed by atoms with Crippen molar-refractivity contribution in [2.45, 2.75) is 25.0 Å². The Kier molecular flexibility index (Phi) is 6.46. The largest absolute Gasteiger partial charge is 0.352 e. The Morgan fingerprint density at radius 1 is 1.03 bits per heavy atom. The summed E-state index contributed by atoms with van der Waals surface area (Å²) in [6.07, 6.45) is 1.74. The first-order chi connectivity index (χ1) is 15.5. The highest BCUT2D eigenvalue weighted by molar-refractivity contribution is 7.10. The summed E-state index contributed by atoms with van der Waals surface area (Å²) < 4.78 is 15.4. The molecule has 7 nitrogen and oxygen atoms in total. The molecule has 4 N–H and O–H groups in total. The molecule has 0 aliphatic rings. The highest BCUT2D eigenvalue weighted by Crippen LogP contribution is 2.24. The number of nitrogens with two attached hydrogens (primary N) is 1. The average molecular weight is 452 g/mol. The van der Waals surface area contributed by atoms with E-state index in [0.717, 1.165) is 21.5 Å². The number of nitrogens with zero attached hydrogens (tertiary/aromatic N) is 2. The molecule has 2 aromatic heterocycles. The Bertz CT molecular complexity index is 1210. The SMILES string of the molecule is NC(=O)NC(CC(=O)NC(Cn1cnc2ccccc21)c1ccc(F)cc1)c1cccs1. The summed E-state index contributed by atoms with van der Waals surface area (Å²) >= 11 is 1.43. The number of nitrogens with one attached hydrogen (secondary N) is 2. The van der Waals surface area contributed by atoms with Crippen molar-refractivity contribution < 1.29 is 14.0 Å². The smallest absolute Gasteiger partial charge is 0.312 e. The van der Waals surface area contributed by atoms with Crippen LogP contribution in [-0.2, 0) is 11.3 Å². The number of carbonyl (C=O) groups is 2. The van der Waals surface area contributed by atoms with Gasteiger partial charge in [0.1, 0.15) is 5.82 Å². The van der Waals surface area contributed by atoms with E-state index in [4.69, 9.17) is 5.73 Å². The fourth-order valence-electron chi connectivity index (χ4n) is 3.60. The summed E-state index contributed by atoms with van der Waals surface area (Å²) in [7, 11) is 0. The monoisotopic (exact) mass is 451 g/mol. The summed E-state index contributed by atoms with van der Waals surface area (Å²) in [5.74, 6) is -0.619. The Morgan fingerprint density at radius 3 is 2.53 bits per heavy atom. The molecule has 2 aromatic carbocycles. The molecule has 2 heterocycles. The number of fused-ring (bicyclic) bond motifs is 1. The van der Waals surface area contributed by atoms with Crippen molar-refractivity contribution in [2.24, 2.45) is 5.73 Å². The fraction of sp³-hybridized carbons (Fsp3) is 0.174. The van der Waals surface area contributed by atoms with Gasteiger partial charge in [0.2, 0.25) is 5.91 Å². The van der Waals surface area contributed by atoms with Gasteiger partial charge in [0, 0.05) is 11.4 Å². The second kappa shape index (κ2) is 9.61. The van der Waals surface area contributed by atoms with Crippen LogP contribution in [-0.4, -0.2) is 21.5 Å². The summed E-state index contributed by atoms with van der Waals surface area (Å²) in [6, 6.07) is 15.8. The van der Waals surface area contributed by atoms with Crippen LogP contribution in [0.15, 0.2) is 72.4 Å². The molecular weight excluding hydrogens is 429 g/mol. The lowest BCUT2D eigenvalue weighted by atomic mass is 10.1. The van der Waals surface area contributed by atoms with Crippen LogP contribution in [0.25, 0.3) is 11.0 Å². The van der Waals surface area contributed by atoms with Crippen molar-refractivity contribution in [1.82, 2.24) is 20.2 Å². The number of imidazole rings is 1. The number of halogens is 1. The van der Waals surface area contributed by atoms with Crippen LogP contribution in [0.2, 0.25) is 0 Å². The minimum Gasteiger partial charge on any atom is -0.352 e. The zero-order valence-corrected chi connectivity index (χ0v) is 17.9. The van der Waals surface area contributed by atoms with Crippen molar-refractivity contribution in [2.75, 3.05) is 0 Å². The number of hydrogen-bond donors (Lipinski definition) is 3. The standard InChI is InChI=1S/C23H22FN5O2S/c24-16-9-7-15(8-10-16)19(13-29-14-26-17-4-1-2-5-20(17)29)27-22(30)12-18(28-23(25)31)21-6-3-11-32-21/h1-11,14,18-19H,12-13H2,(H,27,30)(H3,25,28,31). The van der Waals surface area contributed by atoms with E-state index in [1.807, 2.05) is 46.3 Å². The van der Waals surface area contributed by atoms with E-state index in [-0.39, 0.29) is 18.1 Å². The van der Waals surface area contributed by atoms with Gasteiger partial charge < -0.3 is 20.9 Å². The maximum Gasteiger partial charge on any atom is 0.312 e. The molecule has 2 atom stereocenters. The Morgan fingerprint density at radius 2 is 1.81 bits per heavy atom. The van der Waals surface area contributed by atoms with E-state index in [0.29, 0.717) is 6.54 Å². The van der Waals surface area contributed by atoms with Crippen LogP contribution < -0.4 is 16.4 Å². The van der Waals surface area contributed by atoms with Gasteiger partial charge >= 0.3 is 6.03 Å². The van der Waals surface area contributed by atoms with Crippen LogP contribution in [0.5, 0.6) is 0 Å². The molecule has 0 saturated heterocycles. The molecule has 0 radical (unpaired) electrons. The number of rotatable bonds is 8. The molecule has 4 aromatic rings. The first-order valence-electron chi connectivity index (χ1n) is 10.0. The number of urea groups is 1. The number of thiophene rings is 1. The van der Waals surface area contributed by atoms with Gasteiger partial charge in [-0.2, -0.15) is 0 Å². The van der Waals surface area contributed by atoms with Crippen LogP contribution in [0.1, 0.15) is 28.9 Å². The predicted molar refractivity (Wildman–Crippen MR) is 121 cm³/mol. The third kappa shape index (κ3) is 5.12. The van der Waals surface area contributed by atoms with Crippen LogP contribution in [0, 0.1) is 5.82 Å². The van der Waals surface area contributed by atoms with Crippen molar-refractivity contribution in [3.05, 3.63) is 88.6 Å². The molecular formula is C23H22FN5O2S. The number of benzene rings is 2. The second-order valence-electron chi connectivity index (χ2n) is 7.34. The third-order valence-electron chi connectivity index (χ3n) is 5.11. The number of carbonyl (C=O) groups excluding carboxylic acids is 2. The minimum absolute atomic E-state index is 0.0197. The molecule has 164 valence electrons. The van der Waals surface area contributed by atoms with Crippen molar-refractivity contribution in [3.63, 3.8) is 0 Å². The van der Waals surface area contributed by atoms with Crippen LogP contribution in [0.3, 0.4) is 0 Å².